The van der Waals surface area contributed by atoms with Gasteiger partial charge in [-0.15, -0.1) is 0 Å². The molecule has 0 saturated carbocycles. The van der Waals surface area contributed by atoms with Crippen molar-refractivity contribution in [2.45, 2.75) is 19.4 Å². The van der Waals surface area contributed by atoms with Gasteiger partial charge < -0.3 is 14.7 Å². The molecule has 1 N–H and O–H groups in total. The van der Waals surface area contributed by atoms with Crippen LogP contribution in [0, 0.1) is 5.92 Å². The lowest BCUT2D eigenvalue weighted by Gasteiger charge is -2.36. The number of rotatable bonds is 7. The van der Waals surface area contributed by atoms with Crippen molar-refractivity contribution in [3.05, 3.63) is 59.8 Å². The number of ether oxygens (including phenoxy) is 1. The third-order valence-corrected chi connectivity index (χ3v) is 4.43. The van der Waals surface area contributed by atoms with E-state index in [1.165, 1.54) is 7.11 Å². The van der Waals surface area contributed by atoms with Gasteiger partial charge >= 0.3 is 5.97 Å². The number of carboxylic acid groups (broad SMARTS) is 1. The average Bonchev–Trinajstić information content (AvgIpc) is 2.62. The van der Waals surface area contributed by atoms with E-state index in [0.29, 0.717) is 5.56 Å². The number of ketones is 1. The van der Waals surface area contributed by atoms with Gasteiger partial charge in [0.1, 0.15) is 0 Å². The van der Waals surface area contributed by atoms with Gasteiger partial charge in [0.05, 0.1) is 5.92 Å². The SMILES string of the molecule is CCN(CC)C1=CC(OC)(C(=O)O)C(C(=O)c2ccccc2)C=C1. The fourth-order valence-electron chi connectivity index (χ4n) is 3.01. The van der Waals surface area contributed by atoms with Crippen LogP contribution in [0.3, 0.4) is 0 Å². The standard InChI is InChI=1S/C19H23NO4/c1-4-20(5-2)15-11-12-16(19(13-15,24-3)18(22)23)17(21)14-9-7-6-8-10-14/h6-13,16H,4-5H2,1-3H3,(H,22,23). The van der Waals surface area contributed by atoms with Gasteiger partial charge in [0.2, 0.25) is 0 Å². The fourth-order valence-corrected chi connectivity index (χ4v) is 3.01. The molecule has 1 aromatic carbocycles. The van der Waals surface area contributed by atoms with E-state index in [0.717, 1.165) is 18.8 Å². The normalized spacial score (nSPS) is 22.8. The van der Waals surface area contributed by atoms with E-state index in [4.69, 9.17) is 4.74 Å². The number of hydrogen-bond acceptors (Lipinski definition) is 4. The smallest absolute Gasteiger partial charge is 0.341 e. The van der Waals surface area contributed by atoms with Crippen LogP contribution in [0.1, 0.15) is 24.2 Å². The summed E-state index contributed by atoms with van der Waals surface area (Å²) in [6.45, 7) is 5.47. The van der Waals surface area contributed by atoms with Gasteiger partial charge in [-0.1, -0.05) is 36.4 Å². The Labute approximate surface area is 142 Å². The predicted molar refractivity (Wildman–Crippen MR) is 91.8 cm³/mol. The summed E-state index contributed by atoms with van der Waals surface area (Å²) in [6, 6.07) is 8.69. The first-order chi connectivity index (χ1) is 11.5. The van der Waals surface area contributed by atoms with E-state index in [2.05, 4.69) is 0 Å². The topological polar surface area (TPSA) is 66.8 Å². The van der Waals surface area contributed by atoms with Gasteiger partial charge in [0, 0.05) is 31.5 Å². The Hall–Kier alpha value is -2.40. The molecule has 0 aromatic heterocycles. The second-order valence-corrected chi connectivity index (χ2v) is 5.61. The molecule has 0 radical (unpaired) electrons. The molecule has 0 heterocycles. The quantitative estimate of drug-likeness (QED) is 0.779. The summed E-state index contributed by atoms with van der Waals surface area (Å²) in [4.78, 5) is 26.9. The molecule has 2 unspecified atom stereocenters. The molecule has 128 valence electrons. The number of likely N-dealkylation sites (N-methyl/N-ethyl adjacent to an activating group) is 1. The summed E-state index contributed by atoms with van der Waals surface area (Å²) < 4.78 is 5.39. The van der Waals surface area contributed by atoms with E-state index in [1.54, 1.807) is 42.5 Å². The maximum Gasteiger partial charge on any atom is 0.341 e. The first kappa shape index (κ1) is 17.9. The molecule has 2 atom stereocenters. The maximum atomic E-state index is 12.9. The summed E-state index contributed by atoms with van der Waals surface area (Å²) in [7, 11) is 1.33. The van der Waals surface area contributed by atoms with Crippen molar-refractivity contribution >= 4 is 11.8 Å². The van der Waals surface area contributed by atoms with Crippen molar-refractivity contribution in [3.63, 3.8) is 0 Å². The van der Waals surface area contributed by atoms with Crippen LogP contribution in [0.5, 0.6) is 0 Å². The lowest BCUT2D eigenvalue weighted by molar-refractivity contribution is -0.159. The van der Waals surface area contributed by atoms with Gasteiger partial charge in [-0.2, -0.15) is 0 Å². The van der Waals surface area contributed by atoms with Gasteiger partial charge in [-0.25, -0.2) is 4.79 Å². The van der Waals surface area contributed by atoms with Crippen LogP contribution in [0.25, 0.3) is 0 Å². The number of aliphatic carboxylic acids is 1. The molecule has 5 nitrogen and oxygen atoms in total. The number of Topliss-reactive ketones (excluding diaryl/α,β-unsaturated/α-hetero) is 1. The van der Waals surface area contributed by atoms with Gasteiger partial charge in [0.25, 0.3) is 0 Å². The van der Waals surface area contributed by atoms with Crippen LogP contribution in [0.15, 0.2) is 54.3 Å². The zero-order valence-electron chi connectivity index (χ0n) is 14.2. The third-order valence-electron chi connectivity index (χ3n) is 4.43. The molecule has 0 spiro atoms. The van der Waals surface area contributed by atoms with Crippen molar-refractivity contribution in [2.75, 3.05) is 20.2 Å². The average molecular weight is 329 g/mol. The van der Waals surface area contributed by atoms with Crippen LogP contribution in [-0.2, 0) is 9.53 Å². The second-order valence-electron chi connectivity index (χ2n) is 5.61. The Balaban J connectivity index is 2.48. The number of nitrogens with zero attached hydrogens (tertiary/aromatic N) is 1. The summed E-state index contributed by atoms with van der Waals surface area (Å²) in [5, 5.41) is 9.83. The Morgan fingerprint density at radius 3 is 2.33 bits per heavy atom. The summed E-state index contributed by atoms with van der Waals surface area (Å²) in [6.07, 6.45) is 4.99. The van der Waals surface area contributed by atoms with E-state index >= 15 is 0 Å². The largest absolute Gasteiger partial charge is 0.479 e. The number of carbonyl (C=O) groups excluding carboxylic acids is 1. The van der Waals surface area contributed by atoms with E-state index in [1.807, 2.05) is 24.8 Å². The zero-order chi connectivity index (χ0) is 17.7. The monoisotopic (exact) mass is 329 g/mol. The fraction of sp³-hybridized carbons (Fsp3) is 0.368. The minimum Gasteiger partial charge on any atom is -0.479 e. The number of hydrogen-bond donors (Lipinski definition) is 1. The van der Waals surface area contributed by atoms with Crippen LogP contribution < -0.4 is 0 Å². The molecule has 0 saturated heterocycles. The van der Waals surface area contributed by atoms with Crippen LogP contribution >= 0.6 is 0 Å². The molecule has 5 heteroatoms. The lowest BCUT2D eigenvalue weighted by atomic mass is 9.78. The van der Waals surface area contributed by atoms with Gasteiger partial charge in [-0.05, 0) is 26.0 Å². The summed E-state index contributed by atoms with van der Waals surface area (Å²) >= 11 is 0. The van der Waals surface area contributed by atoms with Gasteiger partial charge in [-0.3, -0.25) is 4.79 Å². The Kier molecular flexibility index (Phi) is 5.57. The highest BCUT2D eigenvalue weighted by molar-refractivity contribution is 6.04. The zero-order valence-corrected chi connectivity index (χ0v) is 14.2. The molecule has 0 fully saturated rings. The van der Waals surface area contributed by atoms with Crippen molar-refractivity contribution < 1.29 is 19.4 Å². The highest BCUT2D eigenvalue weighted by Crippen LogP contribution is 2.34. The maximum absolute atomic E-state index is 12.9. The summed E-state index contributed by atoms with van der Waals surface area (Å²) in [5.74, 6) is -2.36. The minimum absolute atomic E-state index is 0.272. The number of allylic oxidation sites excluding steroid dienone is 1. The Morgan fingerprint density at radius 1 is 1.21 bits per heavy atom. The van der Waals surface area contributed by atoms with Crippen molar-refractivity contribution in [1.82, 2.24) is 4.90 Å². The van der Waals surface area contributed by atoms with E-state index in [-0.39, 0.29) is 5.78 Å². The van der Waals surface area contributed by atoms with E-state index < -0.39 is 17.5 Å². The molecular weight excluding hydrogens is 306 g/mol. The Morgan fingerprint density at radius 2 is 1.83 bits per heavy atom. The first-order valence-electron chi connectivity index (χ1n) is 8.04. The van der Waals surface area contributed by atoms with Crippen molar-refractivity contribution in [2.24, 2.45) is 5.92 Å². The molecular formula is C19H23NO4. The minimum atomic E-state index is -1.71. The highest BCUT2D eigenvalue weighted by atomic mass is 16.5. The van der Waals surface area contributed by atoms with Crippen LogP contribution in [0.4, 0.5) is 0 Å². The molecule has 2 rings (SSSR count). The highest BCUT2D eigenvalue weighted by Gasteiger charge is 2.49. The third kappa shape index (κ3) is 3.12. The first-order valence-corrected chi connectivity index (χ1v) is 8.04. The molecule has 24 heavy (non-hydrogen) atoms. The van der Waals surface area contributed by atoms with Crippen LogP contribution in [0.2, 0.25) is 0 Å². The second kappa shape index (κ2) is 7.45. The van der Waals surface area contributed by atoms with Crippen LogP contribution in [-0.4, -0.2) is 47.6 Å². The number of benzene rings is 1. The van der Waals surface area contributed by atoms with Crippen molar-refractivity contribution in [1.29, 1.82) is 0 Å². The lowest BCUT2D eigenvalue weighted by Crippen LogP contribution is -2.50. The molecule has 0 amide bonds. The molecule has 1 aromatic rings. The number of carbonyl (C=O) groups is 2. The molecule has 1 aliphatic rings. The molecule has 0 bridgehead atoms. The predicted octanol–water partition coefficient (Wildman–Crippen LogP) is 2.75. The molecule has 0 aliphatic heterocycles. The van der Waals surface area contributed by atoms with Crippen molar-refractivity contribution in [3.8, 4) is 0 Å². The summed E-state index contributed by atoms with van der Waals surface area (Å²) in [5.41, 5.74) is -0.490. The Bertz CT molecular complexity index is 661. The number of methoxy groups -OCH3 is 1. The molecule has 1 aliphatic carbocycles. The van der Waals surface area contributed by atoms with E-state index in [9.17, 15) is 14.7 Å². The van der Waals surface area contributed by atoms with Gasteiger partial charge in [0.15, 0.2) is 11.4 Å². The number of carboxylic acids is 1.